The molecule has 0 aliphatic heterocycles. The van der Waals surface area contributed by atoms with Crippen molar-refractivity contribution in [1.82, 2.24) is 5.32 Å². The van der Waals surface area contributed by atoms with Crippen LogP contribution in [-0.2, 0) is 14.3 Å². The van der Waals surface area contributed by atoms with Crippen LogP contribution in [0.1, 0.15) is 296 Å². The molecular weight excluding hydrogens is 719 g/mol. The fraction of sp³-hybridized carbons (Fsp3) is 0.962. The lowest BCUT2D eigenvalue weighted by Crippen LogP contribution is -2.45. The Labute approximate surface area is 362 Å². The smallest absolute Gasteiger partial charge is 0.305 e. The van der Waals surface area contributed by atoms with E-state index in [0.29, 0.717) is 25.9 Å². The number of unbranched alkanes of at least 4 members (excludes halogenated alkanes) is 38. The van der Waals surface area contributed by atoms with E-state index in [4.69, 9.17) is 4.74 Å². The summed E-state index contributed by atoms with van der Waals surface area (Å²) in [5.41, 5.74) is 0. The van der Waals surface area contributed by atoms with Crippen molar-refractivity contribution in [3.05, 3.63) is 0 Å². The first-order valence-electron chi connectivity index (χ1n) is 26.3. The SMILES string of the molecule is CCCCCCCCCCCCCCCCCCCC(=O)OCCCCCCCCCCCCC(=O)NC(CO)C(O)CCCCCCCCCCCCCCCC. The topological polar surface area (TPSA) is 95.9 Å². The van der Waals surface area contributed by atoms with Gasteiger partial charge in [0.25, 0.3) is 0 Å². The van der Waals surface area contributed by atoms with E-state index in [1.54, 1.807) is 0 Å². The molecule has 6 nitrogen and oxygen atoms in total. The minimum atomic E-state index is -0.676. The van der Waals surface area contributed by atoms with Gasteiger partial charge >= 0.3 is 5.97 Å². The third-order valence-corrected chi connectivity index (χ3v) is 12.4. The molecule has 0 radical (unpaired) electrons. The number of rotatable bonds is 49. The molecule has 2 atom stereocenters. The Morgan fingerprint density at radius 1 is 0.414 bits per heavy atom. The minimum Gasteiger partial charge on any atom is -0.466 e. The molecule has 0 spiro atoms. The standard InChI is InChI=1S/C52H103NO5/c1-3-5-7-9-11-13-15-17-19-20-21-23-25-30-34-38-42-46-52(57)58-47-43-39-35-31-27-26-29-33-37-41-45-51(56)53-49(48-54)50(55)44-40-36-32-28-24-22-18-16-14-12-10-8-6-4-2/h49-50,54-55H,3-48H2,1-2H3,(H,53,56). The Balaban J connectivity index is 3.44. The van der Waals surface area contributed by atoms with Gasteiger partial charge in [-0.25, -0.2) is 0 Å². The van der Waals surface area contributed by atoms with Gasteiger partial charge in [0.15, 0.2) is 0 Å². The third-order valence-electron chi connectivity index (χ3n) is 12.4. The Bertz CT molecular complexity index is 822. The van der Waals surface area contributed by atoms with E-state index in [1.807, 2.05) is 0 Å². The molecule has 6 heteroatoms. The molecule has 0 aliphatic rings. The van der Waals surface area contributed by atoms with Crippen LogP contribution in [0.3, 0.4) is 0 Å². The number of hydrogen-bond donors (Lipinski definition) is 3. The number of aliphatic hydroxyl groups is 2. The molecule has 0 rings (SSSR count). The van der Waals surface area contributed by atoms with Gasteiger partial charge in [-0.15, -0.1) is 0 Å². The number of amides is 1. The quantitative estimate of drug-likeness (QED) is 0.0420. The zero-order valence-electron chi connectivity index (χ0n) is 39.3. The normalized spacial score (nSPS) is 12.6. The number of esters is 1. The first-order valence-corrected chi connectivity index (χ1v) is 26.3. The fourth-order valence-electron chi connectivity index (χ4n) is 8.35. The second-order valence-electron chi connectivity index (χ2n) is 18.2. The van der Waals surface area contributed by atoms with Gasteiger partial charge in [-0.1, -0.05) is 258 Å². The fourth-order valence-corrected chi connectivity index (χ4v) is 8.35. The molecule has 0 heterocycles. The van der Waals surface area contributed by atoms with Gasteiger partial charge in [-0.2, -0.15) is 0 Å². The average molecular weight is 822 g/mol. The molecule has 58 heavy (non-hydrogen) atoms. The van der Waals surface area contributed by atoms with Crippen molar-refractivity contribution in [2.45, 2.75) is 309 Å². The van der Waals surface area contributed by atoms with Crippen molar-refractivity contribution >= 4 is 11.9 Å². The van der Waals surface area contributed by atoms with Crippen LogP contribution >= 0.6 is 0 Å². The maximum Gasteiger partial charge on any atom is 0.305 e. The van der Waals surface area contributed by atoms with Crippen molar-refractivity contribution in [2.24, 2.45) is 0 Å². The molecule has 0 aromatic rings. The maximum absolute atomic E-state index is 12.4. The Kier molecular flexibility index (Phi) is 47.6. The van der Waals surface area contributed by atoms with Crippen LogP contribution in [-0.4, -0.2) is 47.4 Å². The predicted octanol–water partition coefficient (Wildman–Crippen LogP) is 15.6. The van der Waals surface area contributed by atoms with E-state index in [0.717, 1.165) is 57.8 Å². The minimum absolute atomic E-state index is 0.0142. The molecule has 3 N–H and O–H groups in total. The number of nitrogens with one attached hydrogen (secondary N) is 1. The summed E-state index contributed by atoms with van der Waals surface area (Å²) in [6.45, 7) is 4.92. The first kappa shape index (κ1) is 56.9. The number of aliphatic hydroxyl groups excluding tert-OH is 2. The van der Waals surface area contributed by atoms with Crippen molar-refractivity contribution in [3.63, 3.8) is 0 Å². The second-order valence-corrected chi connectivity index (χ2v) is 18.2. The van der Waals surface area contributed by atoms with Gasteiger partial charge in [0, 0.05) is 12.8 Å². The summed E-state index contributed by atoms with van der Waals surface area (Å²) >= 11 is 0. The van der Waals surface area contributed by atoms with E-state index in [1.165, 1.54) is 205 Å². The van der Waals surface area contributed by atoms with Gasteiger partial charge in [-0.3, -0.25) is 9.59 Å². The first-order chi connectivity index (χ1) is 28.5. The van der Waals surface area contributed by atoms with Crippen LogP contribution in [0.5, 0.6) is 0 Å². The summed E-state index contributed by atoms with van der Waals surface area (Å²) in [7, 11) is 0. The lowest BCUT2D eigenvalue weighted by atomic mass is 10.0. The zero-order valence-corrected chi connectivity index (χ0v) is 39.3. The van der Waals surface area contributed by atoms with E-state index in [9.17, 15) is 19.8 Å². The molecule has 346 valence electrons. The second kappa shape index (κ2) is 48.5. The van der Waals surface area contributed by atoms with E-state index >= 15 is 0 Å². The number of carbonyl (C=O) groups is 2. The highest BCUT2D eigenvalue weighted by Crippen LogP contribution is 2.17. The lowest BCUT2D eigenvalue weighted by Gasteiger charge is -2.22. The molecular formula is C52H103NO5. The summed E-state index contributed by atoms with van der Waals surface area (Å²) in [5.74, 6) is -0.0696. The highest BCUT2D eigenvalue weighted by Gasteiger charge is 2.20. The maximum atomic E-state index is 12.4. The van der Waals surface area contributed by atoms with Gasteiger partial charge in [0.1, 0.15) is 0 Å². The molecule has 0 saturated heterocycles. The molecule has 0 aromatic carbocycles. The summed E-state index contributed by atoms with van der Waals surface area (Å²) in [4.78, 5) is 24.5. The molecule has 1 amide bonds. The summed E-state index contributed by atoms with van der Waals surface area (Å²) < 4.78 is 5.47. The van der Waals surface area contributed by atoms with Gasteiger partial charge in [-0.05, 0) is 25.7 Å². The van der Waals surface area contributed by atoms with Gasteiger partial charge in [0.2, 0.25) is 5.91 Å². The largest absolute Gasteiger partial charge is 0.466 e. The molecule has 0 fully saturated rings. The predicted molar refractivity (Wildman–Crippen MR) is 250 cm³/mol. The Morgan fingerprint density at radius 2 is 0.707 bits per heavy atom. The van der Waals surface area contributed by atoms with Crippen LogP contribution in [0.25, 0.3) is 0 Å². The molecule has 0 bridgehead atoms. The monoisotopic (exact) mass is 822 g/mol. The van der Waals surface area contributed by atoms with Crippen molar-refractivity contribution in [3.8, 4) is 0 Å². The molecule has 0 aliphatic carbocycles. The summed E-state index contributed by atoms with van der Waals surface area (Å²) in [6, 6.07) is -0.556. The molecule has 0 aromatic heterocycles. The Hall–Kier alpha value is -1.14. The number of hydrogen-bond acceptors (Lipinski definition) is 5. The van der Waals surface area contributed by atoms with Gasteiger partial charge in [0.05, 0.1) is 25.4 Å². The highest BCUT2D eigenvalue weighted by atomic mass is 16.5. The molecule has 0 saturated carbocycles. The highest BCUT2D eigenvalue weighted by molar-refractivity contribution is 5.76. The van der Waals surface area contributed by atoms with E-state index in [-0.39, 0.29) is 18.5 Å². The number of carbonyl (C=O) groups excluding carboxylic acids is 2. The molecule has 2 unspecified atom stereocenters. The van der Waals surface area contributed by atoms with E-state index in [2.05, 4.69) is 19.2 Å². The average Bonchev–Trinajstić information content (AvgIpc) is 3.22. The van der Waals surface area contributed by atoms with Crippen LogP contribution in [0.4, 0.5) is 0 Å². The summed E-state index contributed by atoms with van der Waals surface area (Å²) in [6.07, 6.45) is 53.5. The Morgan fingerprint density at radius 3 is 1.05 bits per heavy atom. The lowest BCUT2D eigenvalue weighted by molar-refractivity contribution is -0.143. The van der Waals surface area contributed by atoms with Crippen molar-refractivity contribution < 1.29 is 24.5 Å². The van der Waals surface area contributed by atoms with Crippen molar-refractivity contribution in [1.29, 1.82) is 0 Å². The van der Waals surface area contributed by atoms with Crippen molar-refractivity contribution in [2.75, 3.05) is 13.2 Å². The number of ether oxygens (including phenoxy) is 1. The van der Waals surface area contributed by atoms with Crippen LogP contribution in [0.2, 0.25) is 0 Å². The van der Waals surface area contributed by atoms with E-state index < -0.39 is 12.1 Å². The van der Waals surface area contributed by atoms with Crippen LogP contribution in [0.15, 0.2) is 0 Å². The summed E-state index contributed by atoms with van der Waals surface area (Å²) in [5, 5.41) is 23.2. The van der Waals surface area contributed by atoms with Crippen LogP contribution < -0.4 is 5.32 Å². The zero-order chi connectivity index (χ0) is 42.3. The van der Waals surface area contributed by atoms with Crippen LogP contribution in [0, 0.1) is 0 Å². The third kappa shape index (κ3) is 44.4. The van der Waals surface area contributed by atoms with Gasteiger partial charge < -0.3 is 20.3 Å².